The Morgan fingerprint density at radius 2 is 1.54 bits per heavy atom. The van der Waals surface area contributed by atoms with Crippen LogP contribution in [0.3, 0.4) is 0 Å². The molecule has 0 atom stereocenters. The molecule has 39 heavy (non-hydrogen) atoms. The summed E-state index contributed by atoms with van der Waals surface area (Å²) in [6.07, 6.45) is 2.09. The minimum absolute atomic E-state index is 0.00786. The Balaban J connectivity index is 1.45. The molecule has 1 aliphatic rings. The van der Waals surface area contributed by atoms with Crippen LogP contribution in [-0.4, -0.2) is 57.5 Å². The summed E-state index contributed by atoms with van der Waals surface area (Å²) in [7, 11) is -7.68. The van der Waals surface area contributed by atoms with Crippen molar-refractivity contribution in [3.8, 4) is 0 Å². The van der Waals surface area contributed by atoms with Gasteiger partial charge in [0.1, 0.15) is 4.90 Å². The van der Waals surface area contributed by atoms with Gasteiger partial charge in [0.05, 0.1) is 16.5 Å². The molecular weight excluding hydrogens is 581 g/mol. The van der Waals surface area contributed by atoms with Crippen LogP contribution in [0, 0.1) is 0 Å². The zero-order valence-electron chi connectivity index (χ0n) is 21.1. The number of nitrogens with one attached hydrogen (secondary N) is 1. The summed E-state index contributed by atoms with van der Waals surface area (Å²) in [4.78, 5) is 12.9. The van der Waals surface area contributed by atoms with E-state index in [1.807, 2.05) is 30.3 Å². The largest absolute Gasteiger partial charge is 0.351 e. The van der Waals surface area contributed by atoms with Gasteiger partial charge in [-0.05, 0) is 60.7 Å². The van der Waals surface area contributed by atoms with Crippen molar-refractivity contribution in [1.82, 2.24) is 13.9 Å². The lowest BCUT2D eigenvalue weighted by atomic mass is 10.1. The Kier molecular flexibility index (Phi) is 9.69. The van der Waals surface area contributed by atoms with Gasteiger partial charge in [-0.15, -0.1) is 0 Å². The predicted molar refractivity (Wildman–Crippen MR) is 152 cm³/mol. The summed E-state index contributed by atoms with van der Waals surface area (Å²) in [5.41, 5.74) is 1.60. The lowest BCUT2D eigenvalue weighted by Gasteiger charge is -2.22. The minimum Gasteiger partial charge on any atom is -0.351 e. The molecule has 12 heteroatoms. The van der Waals surface area contributed by atoms with Crippen LogP contribution in [0.1, 0.15) is 24.0 Å². The van der Waals surface area contributed by atoms with Crippen molar-refractivity contribution in [2.75, 3.05) is 26.2 Å². The Morgan fingerprint density at radius 1 is 0.872 bits per heavy atom. The molecule has 4 rings (SSSR count). The molecule has 3 aromatic carbocycles. The van der Waals surface area contributed by atoms with Crippen molar-refractivity contribution in [1.29, 1.82) is 0 Å². The highest BCUT2D eigenvalue weighted by atomic mass is 35.5. The normalized spacial score (nSPS) is 14.5. The van der Waals surface area contributed by atoms with Crippen LogP contribution in [0.4, 0.5) is 0 Å². The number of benzene rings is 3. The van der Waals surface area contributed by atoms with Crippen molar-refractivity contribution in [3.05, 3.63) is 94.0 Å². The maximum atomic E-state index is 13.5. The first-order valence-corrected chi connectivity index (χ1v) is 16.1. The molecule has 1 aliphatic heterocycles. The Morgan fingerprint density at radius 3 is 2.21 bits per heavy atom. The standard InChI is InChI=1S/C27H29Cl2N3O5S2/c28-23-10-13-25(29)26(18-23)39(36,37)32(17-14-21-6-2-1-3-7-21)20-27(33)30-19-22-8-11-24(12-9-22)38(34,35)31-15-4-5-16-31/h1-3,6-13,18H,4-5,14-17,19-20H2,(H,30,33). The van der Waals surface area contributed by atoms with Crippen LogP contribution in [0.15, 0.2) is 82.6 Å². The van der Waals surface area contributed by atoms with Gasteiger partial charge in [0, 0.05) is 31.2 Å². The monoisotopic (exact) mass is 609 g/mol. The lowest BCUT2D eigenvalue weighted by Crippen LogP contribution is -2.41. The van der Waals surface area contributed by atoms with E-state index in [1.165, 1.54) is 34.6 Å². The Bertz CT molecular complexity index is 1510. The molecule has 0 saturated carbocycles. The molecule has 1 N–H and O–H groups in total. The quantitative estimate of drug-likeness (QED) is 0.348. The highest BCUT2D eigenvalue weighted by molar-refractivity contribution is 7.89. The van der Waals surface area contributed by atoms with Gasteiger partial charge in [-0.25, -0.2) is 16.8 Å². The smallest absolute Gasteiger partial charge is 0.245 e. The van der Waals surface area contributed by atoms with Crippen LogP contribution in [0.25, 0.3) is 0 Å². The number of hydrogen-bond donors (Lipinski definition) is 1. The molecule has 1 heterocycles. The first kappa shape index (κ1) is 29.5. The number of carbonyl (C=O) groups excluding carboxylic acids is 1. The van der Waals surface area contributed by atoms with Crippen molar-refractivity contribution < 1.29 is 21.6 Å². The molecule has 0 bridgehead atoms. The third-order valence-corrected chi connectivity index (χ3v) is 10.9. The third-order valence-electron chi connectivity index (χ3n) is 6.44. The van der Waals surface area contributed by atoms with Crippen molar-refractivity contribution in [2.45, 2.75) is 35.6 Å². The summed E-state index contributed by atoms with van der Waals surface area (Å²) >= 11 is 12.2. The second-order valence-electron chi connectivity index (χ2n) is 9.18. The van der Waals surface area contributed by atoms with E-state index in [0.717, 1.165) is 22.7 Å². The van der Waals surface area contributed by atoms with Crippen LogP contribution < -0.4 is 5.32 Å². The fraction of sp³-hybridized carbons (Fsp3) is 0.296. The van der Waals surface area contributed by atoms with Crippen molar-refractivity contribution >= 4 is 49.2 Å². The van der Waals surface area contributed by atoms with E-state index in [1.54, 1.807) is 12.1 Å². The summed E-state index contributed by atoms with van der Waals surface area (Å²) < 4.78 is 55.1. The molecular formula is C27H29Cl2N3O5S2. The molecule has 1 fully saturated rings. The van der Waals surface area contributed by atoms with Gasteiger partial charge < -0.3 is 5.32 Å². The summed E-state index contributed by atoms with van der Waals surface area (Å²) in [6, 6.07) is 19.8. The number of halogens is 2. The van der Waals surface area contributed by atoms with E-state index in [9.17, 15) is 21.6 Å². The van der Waals surface area contributed by atoms with E-state index in [0.29, 0.717) is 25.1 Å². The molecule has 1 saturated heterocycles. The topological polar surface area (TPSA) is 104 Å². The van der Waals surface area contributed by atoms with Crippen LogP contribution in [0.2, 0.25) is 10.0 Å². The SMILES string of the molecule is O=C(CN(CCc1ccccc1)S(=O)(=O)c1cc(Cl)ccc1Cl)NCc1ccc(S(=O)(=O)N2CCCC2)cc1. The van der Waals surface area contributed by atoms with Crippen LogP contribution >= 0.6 is 23.2 Å². The summed E-state index contributed by atoms with van der Waals surface area (Å²) in [5.74, 6) is -0.515. The molecule has 0 spiro atoms. The average Bonchev–Trinajstić information content (AvgIpc) is 3.48. The van der Waals surface area contributed by atoms with E-state index < -0.39 is 32.5 Å². The number of hydrogen-bond acceptors (Lipinski definition) is 5. The molecule has 3 aromatic rings. The number of amides is 1. The highest BCUT2D eigenvalue weighted by Crippen LogP contribution is 2.28. The van der Waals surface area contributed by atoms with Gasteiger partial charge in [0.15, 0.2) is 0 Å². The zero-order valence-corrected chi connectivity index (χ0v) is 24.2. The van der Waals surface area contributed by atoms with Crippen molar-refractivity contribution in [3.63, 3.8) is 0 Å². The number of sulfonamides is 2. The zero-order chi connectivity index (χ0) is 28.0. The lowest BCUT2D eigenvalue weighted by molar-refractivity contribution is -0.121. The first-order chi connectivity index (χ1) is 18.6. The second kappa shape index (κ2) is 12.8. The maximum Gasteiger partial charge on any atom is 0.245 e. The van der Waals surface area contributed by atoms with Crippen molar-refractivity contribution in [2.24, 2.45) is 0 Å². The van der Waals surface area contributed by atoms with Gasteiger partial charge in [-0.3, -0.25) is 4.79 Å². The fourth-order valence-electron chi connectivity index (χ4n) is 4.27. The number of rotatable bonds is 11. The molecule has 0 aliphatic carbocycles. The van der Waals surface area contributed by atoms with Crippen LogP contribution in [-0.2, 0) is 37.8 Å². The van der Waals surface area contributed by atoms with E-state index >= 15 is 0 Å². The molecule has 0 aromatic heterocycles. The van der Waals surface area contributed by atoms with Crippen LogP contribution in [0.5, 0.6) is 0 Å². The van der Waals surface area contributed by atoms with E-state index in [-0.39, 0.29) is 32.9 Å². The van der Waals surface area contributed by atoms with Gasteiger partial charge in [0.2, 0.25) is 26.0 Å². The average molecular weight is 611 g/mol. The Labute approximate surface area is 239 Å². The first-order valence-electron chi connectivity index (χ1n) is 12.4. The molecule has 208 valence electrons. The summed E-state index contributed by atoms with van der Waals surface area (Å²) in [5, 5.41) is 2.94. The van der Waals surface area contributed by atoms with Gasteiger partial charge in [-0.1, -0.05) is 65.7 Å². The Hall–Kier alpha value is -2.47. The molecule has 8 nitrogen and oxygen atoms in total. The number of carbonyl (C=O) groups is 1. The van der Waals surface area contributed by atoms with E-state index in [4.69, 9.17) is 23.2 Å². The molecule has 0 radical (unpaired) electrons. The summed E-state index contributed by atoms with van der Waals surface area (Å²) in [6.45, 7) is 0.757. The number of nitrogens with zero attached hydrogens (tertiary/aromatic N) is 2. The molecule has 0 unspecified atom stereocenters. The van der Waals surface area contributed by atoms with E-state index in [2.05, 4.69) is 5.32 Å². The fourth-order valence-corrected chi connectivity index (χ4v) is 7.92. The van der Waals surface area contributed by atoms with Gasteiger partial charge >= 0.3 is 0 Å². The highest BCUT2D eigenvalue weighted by Gasteiger charge is 2.29. The van der Waals surface area contributed by atoms with Gasteiger partial charge in [0.25, 0.3) is 0 Å². The predicted octanol–water partition coefficient (Wildman–Crippen LogP) is 4.33. The van der Waals surface area contributed by atoms with Gasteiger partial charge in [-0.2, -0.15) is 8.61 Å². The molecule has 1 amide bonds. The third kappa shape index (κ3) is 7.39. The maximum absolute atomic E-state index is 13.5. The second-order valence-corrected chi connectivity index (χ2v) is 13.9. The minimum atomic E-state index is -4.15.